The summed E-state index contributed by atoms with van der Waals surface area (Å²) >= 11 is 0. The van der Waals surface area contributed by atoms with Crippen molar-refractivity contribution >= 4 is 23.2 Å². The molecule has 0 radical (unpaired) electrons. The third kappa shape index (κ3) is 2.58. The predicted octanol–water partition coefficient (Wildman–Crippen LogP) is 2.65. The smallest absolute Gasteiger partial charge is 0.270 e. The minimum Gasteiger partial charge on any atom is -0.293 e. The number of anilines is 1. The molecule has 8 heteroatoms. The second kappa shape index (κ2) is 5.41. The lowest BCUT2D eigenvalue weighted by molar-refractivity contribution is -0.384. The molecule has 0 unspecified atom stereocenters. The summed E-state index contributed by atoms with van der Waals surface area (Å²) in [4.78, 5) is 26.7. The number of amides is 1. The number of nitrogens with one attached hydrogen (secondary N) is 1. The Morgan fingerprint density at radius 3 is 2.79 bits per heavy atom. The minimum atomic E-state index is -0.438. The van der Waals surface area contributed by atoms with Gasteiger partial charge in [-0.2, -0.15) is 4.98 Å². The molecule has 2 heterocycles. The summed E-state index contributed by atoms with van der Waals surface area (Å²) < 4.78 is 1.57. The first-order valence-electron chi connectivity index (χ1n) is 7.53. The zero-order chi connectivity index (χ0) is 16.7. The summed E-state index contributed by atoms with van der Waals surface area (Å²) in [5.74, 6) is 0.237. The van der Waals surface area contributed by atoms with Gasteiger partial charge in [0.25, 0.3) is 5.69 Å². The lowest BCUT2D eigenvalue weighted by Gasteiger charge is -2.03. The van der Waals surface area contributed by atoms with Crippen molar-refractivity contribution in [3.05, 3.63) is 52.6 Å². The molecule has 1 amide bonds. The van der Waals surface area contributed by atoms with Gasteiger partial charge in [0.1, 0.15) is 0 Å². The van der Waals surface area contributed by atoms with Crippen LogP contribution in [0.2, 0.25) is 0 Å². The second-order valence-electron chi connectivity index (χ2n) is 5.69. The Morgan fingerprint density at radius 2 is 2.04 bits per heavy atom. The van der Waals surface area contributed by atoms with E-state index in [4.69, 9.17) is 0 Å². The number of rotatable bonds is 4. The van der Waals surface area contributed by atoms with E-state index in [2.05, 4.69) is 15.4 Å². The van der Waals surface area contributed by atoms with E-state index < -0.39 is 4.92 Å². The Hall–Kier alpha value is -3.29. The van der Waals surface area contributed by atoms with Gasteiger partial charge < -0.3 is 0 Å². The van der Waals surface area contributed by atoms with Gasteiger partial charge in [-0.25, -0.2) is 4.52 Å². The third-order valence-corrected chi connectivity index (χ3v) is 3.90. The molecule has 1 aromatic carbocycles. The largest absolute Gasteiger partial charge is 0.293 e. The monoisotopic (exact) mass is 323 g/mol. The SMILES string of the molecule is O=C(Nc1nc2cccc(-c3cccc([N+](=O)[O-])c3)n2n1)C1CC1. The number of pyridine rings is 1. The number of carbonyl (C=O) groups excluding carboxylic acids is 1. The van der Waals surface area contributed by atoms with Gasteiger partial charge in [-0.05, 0) is 25.0 Å². The number of hydrogen-bond donors (Lipinski definition) is 1. The number of nitro benzene ring substituents is 1. The van der Waals surface area contributed by atoms with E-state index in [0.717, 1.165) is 12.8 Å². The fraction of sp³-hybridized carbons (Fsp3) is 0.188. The van der Waals surface area contributed by atoms with Crippen molar-refractivity contribution in [3.8, 4) is 11.3 Å². The zero-order valence-corrected chi connectivity index (χ0v) is 12.5. The number of benzene rings is 1. The molecule has 120 valence electrons. The highest BCUT2D eigenvalue weighted by molar-refractivity contribution is 5.92. The lowest BCUT2D eigenvalue weighted by Crippen LogP contribution is -2.14. The van der Waals surface area contributed by atoms with Gasteiger partial charge >= 0.3 is 0 Å². The van der Waals surface area contributed by atoms with Crippen molar-refractivity contribution in [3.63, 3.8) is 0 Å². The highest BCUT2D eigenvalue weighted by atomic mass is 16.6. The molecular weight excluding hydrogens is 310 g/mol. The quantitative estimate of drug-likeness (QED) is 0.587. The molecule has 4 rings (SSSR count). The summed E-state index contributed by atoms with van der Waals surface area (Å²) in [5, 5.41) is 18.0. The molecule has 1 aliphatic rings. The number of nitrogens with zero attached hydrogens (tertiary/aromatic N) is 4. The van der Waals surface area contributed by atoms with Crippen LogP contribution in [0.4, 0.5) is 11.6 Å². The van der Waals surface area contributed by atoms with Gasteiger partial charge in [0.15, 0.2) is 5.65 Å². The van der Waals surface area contributed by atoms with E-state index in [1.165, 1.54) is 12.1 Å². The number of nitro groups is 1. The van der Waals surface area contributed by atoms with Crippen LogP contribution in [0.5, 0.6) is 0 Å². The predicted molar refractivity (Wildman–Crippen MR) is 86.4 cm³/mol. The van der Waals surface area contributed by atoms with Gasteiger partial charge in [-0.3, -0.25) is 20.2 Å². The Balaban J connectivity index is 1.75. The average molecular weight is 323 g/mol. The molecule has 8 nitrogen and oxygen atoms in total. The van der Waals surface area contributed by atoms with E-state index in [1.54, 1.807) is 34.8 Å². The number of aromatic nitrogens is 3. The number of non-ortho nitro benzene ring substituents is 1. The molecule has 0 spiro atoms. The van der Waals surface area contributed by atoms with Gasteiger partial charge in [-0.1, -0.05) is 18.2 Å². The Kier molecular flexibility index (Phi) is 3.23. The summed E-state index contributed by atoms with van der Waals surface area (Å²) in [7, 11) is 0. The van der Waals surface area contributed by atoms with Crippen LogP contribution >= 0.6 is 0 Å². The fourth-order valence-corrected chi connectivity index (χ4v) is 2.51. The Bertz CT molecular complexity index is 961. The lowest BCUT2D eigenvalue weighted by atomic mass is 10.1. The van der Waals surface area contributed by atoms with Crippen molar-refractivity contribution in [2.24, 2.45) is 5.92 Å². The standard InChI is InChI=1S/C16H13N5O3/c22-15(10-7-8-10)18-16-17-14-6-2-5-13(20(14)19-16)11-3-1-4-12(9-11)21(23)24/h1-6,9-10H,7-8H2,(H,18,19,22). The molecule has 0 saturated heterocycles. The topological polar surface area (TPSA) is 102 Å². The first-order valence-corrected chi connectivity index (χ1v) is 7.53. The van der Waals surface area contributed by atoms with E-state index >= 15 is 0 Å². The van der Waals surface area contributed by atoms with Crippen LogP contribution in [0.1, 0.15) is 12.8 Å². The highest BCUT2D eigenvalue weighted by Crippen LogP contribution is 2.30. The van der Waals surface area contributed by atoms with Crippen LogP contribution in [0.15, 0.2) is 42.5 Å². The zero-order valence-electron chi connectivity index (χ0n) is 12.5. The van der Waals surface area contributed by atoms with Crippen molar-refractivity contribution in [2.75, 3.05) is 5.32 Å². The Labute approximate surface area is 136 Å². The van der Waals surface area contributed by atoms with Crippen molar-refractivity contribution in [2.45, 2.75) is 12.8 Å². The molecule has 3 aromatic rings. The Morgan fingerprint density at radius 1 is 1.25 bits per heavy atom. The maximum atomic E-state index is 11.9. The van der Waals surface area contributed by atoms with Gasteiger partial charge in [0.05, 0.1) is 10.6 Å². The molecule has 0 bridgehead atoms. The molecular formula is C16H13N5O3. The minimum absolute atomic E-state index is 0.00637. The molecule has 24 heavy (non-hydrogen) atoms. The van der Waals surface area contributed by atoms with Gasteiger partial charge in [0.2, 0.25) is 11.9 Å². The number of fused-ring (bicyclic) bond motifs is 1. The molecule has 0 aliphatic heterocycles. The van der Waals surface area contributed by atoms with Crippen LogP contribution in [0.25, 0.3) is 16.9 Å². The van der Waals surface area contributed by atoms with E-state index in [9.17, 15) is 14.9 Å². The molecule has 1 saturated carbocycles. The van der Waals surface area contributed by atoms with E-state index in [-0.39, 0.29) is 23.5 Å². The second-order valence-corrected chi connectivity index (χ2v) is 5.69. The normalized spacial score (nSPS) is 13.8. The van der Waals surface area contributed by atoms with E-state index in [0.29, 0.717) is 16.9 Å². The fourth-order valence-electron chi connectivity index (χ4n) is 2.51. The summed E-state index contributed by atoms with van der Waals surface area (Å²) in [6, 6.07) is 11.7. The van der Waals surface area contributed by atoms with Crippen LogP contribution in [0, 0.1) is 16.0 Å². The molecule has 2 aromatic heterocycles. The van der Waals surface area contributed by atoms with Crippen LogP contribution in [0.3, 0.4) is 0 Å². The summed E-state index contributed by atoms with van der Waals surface area (Å²) in [5.41, 5.74) is 1.88. The maximum absolute atomic E-state index is 11.9. The van der Waals surface area contributed by atoms with Crippen molar-refractivity contribution in [1.82, 2.24) is 14.6 Å². The van der Waals surface area contributed by atoms with Gasteiger partial charge in [0, 0.05) is 23.6 Å². The molecule has 1 fully saturated rings. The molecule has 0 atom stereocenters. The third-order valence-electron chi connectivity index (χ3n) is 3.90. The van der Waals surface area contributed by atoms with Crippen LogP contribution < -0.4 is 5.32 Å². The molecule has 1 aliphatic carbocycles. The van der Waals surface area contributed by atoms with Crippen molar-refractivity contribution < 1.29 is 9.72 Å². The first kappa shape index (κ1) is 14.3. The van der Waals surface area contributed by atoms with E-state index in [1.807, 2.05) is 0 Å². The highest BCUT2D eigenvalue weighted by Gasteiger charge is 2.30. The maximum Gasteiger partial charge on any atom is 0.270 e. The number of carbonyl (C=O) groups is 1. The summed E-state index contributed by atoms with van der Waals surface area (Å²) in [6.45, 7) is 0. The average Bonchev–Trinajstić information content (AvgIpc) is 3.35. The van der Waals surface area contributed by atoms with Crippen LogP contribution in [-0.4, -0.2) is 25.4 Å². The number of hydrogen-bond acceptors (Lipinski definition) is 5. The van der Waals surface area contributed by atoms with Crippen molar-refractivity contribution in [1.29, 1.82) is 0 Å². The van der Waals surface area contributed by atoms with Gasteiger partial charge in [-0.15, -0.1) is 5.10 Å². The first-order chi connectivity index (χ1) is 11.6. The van der Waals surface area contributed by atoms with Crippen LogP contribution in [-0.2, 0) is 4.79 Å². The molecule has 1 N–H and O–H groups in total. The summed E-state index contributed by atoms with van der Waals surface area (Å²) in [6.07, 6.45) is 1.80.